The van der Waals surface area contributed by atoms with Crippen molar-refractivity contribution in [3.05, 3.63) is 18.0 Å². The molecule has 6 nitrogen and oxygen atoms in total. The minimum absolute atomic E-state index is 0.167. The van der Waals surface area contributed by atoms with E-state index in [4.69, 9.17) is 5.11 Å². The highest BCUT2D eigenvalue weighted by Gasteiger charge is 2.18. The predicted octanol–water partition coefficient (Wildman–Crippen LogP) is -0.108. The maximum Gasteiger partial charge on any atom is 0.242 e. The van der Waals surface area contributed by atoms with Crippen molar-refractivity contribution in [3.63, 3.8) is 0 Å². The number of rotatable bonds is 6. The Morgan fingerprint density at radius 1 is 1.37 bits per heavy atom. The van der Waals surface area contributed by atoms with Crippen LogP contribution < -0.4 is 4.72 Å². The molecule has 108 valence electrons. The molecule has 1 aliphatic heterocycles. The van der Waals surface area contributed by atoms with E-state index in [1.165, 1.54) is 25.1 Å². The molecule has 2 rings (SSSR count). The van der Waals surface area contributed by atoms with Crippen molar-refractivity contribution >= 4 is 10.0 Å². The van der Waals surface area contributed by atoms with Crippen LogP contribution in [0.1, 0.15) is 18.5 Å². The number of nitrogens with one attached hydrogen (secondary N) is 1. The van der Waals surface area contributed by atoms with Crippen molar-refractivity contribution in [3.8, 4) is 0 Å². The van der Waals surface area contributed by atoms with Crippen LogP contribution in [0.3, 0.4) is 0 Å². The summed E-state index contributed by atoms with van der Waals surface area (Å²) in [7, 11) is -1.76. The number of likely N-dealkylation sites (tertiary alicyclic amines) is 1. The fraction of sp³-hybridized carbons (Fsp3) is 0.667. The Bertz CT molecular complexity index is 518. The second kappa shape index (κ2) is 6.04. The zero-order valence-electron chi connectivity index (χ0n) is 11.2. The number of hydrogen-bond acceptors (Lipinski definition) is 4. The SMILES string of the molecule is Cn1cc(S(=O)(=O)NCCN2CCCC2)cc1CO. The highest BCUT2D eigenvalue weighted by molar-refractivity contribution is 7.89. The van der Waals surface area contributed by atoms with Crippen LogP contribution in [0.5, 0.6) is 0 Å². The summed E-state index contributed by atoms with van der Waals surface area (Å²) < 4.78 is 28.3. The van der Waals surface area contributed by atoms with E-state index >= 15 is 0 Å². The molecule has 2 heterocycles. The summed E-state index contributed by atoms with van der Waals surface area (Å²) in [4.78, 5) is 2.47. The Morgan fingerprint density at radius 2 is 2.05 bits per heavy atom. The van der Waals surface area contributed by atoms with Gasteiger partial charge >= 0.3 is 0 Å². The molecule has 2 N–H and O–H groups in total. The molecule has 0 bridgehead atoms. The van der Waals surface area contributed by atoms with Crippen LogP contribution in [-0.2, 0) is 23.7 Å². The largest absolute Gasteiger partial charge is 0.390 e. The summed E-state index contributed by atoms with van der Waals surface area (Å²) in [6.07, 6.45) is 3.92. The normalized spacial score (nSPS) is 17.2. The van der Waals surface area contributed by atoms with Gasteiger partial charge in [0.25, 0.3) is 0 Å². The van der Waals surface area contributed by atoms with Gasteiger partial charge in [0.1, 0.15) is 0 Å². The average molecular weight is 287 g/mol. The third-order valence-corrected chi connectivity index (χ3v) is 4.90. The summed E-state index contributed by atoms with van der Waals surface area (Å²) in [5.41, 5.74) is 0.583. The molecule has 7 heteroatoms. The molecule has 1 aromatic heterocycles. The van der Waals surface area contributed by atoms with Crippen molar-refractivity contribution in [2.45, 2.75) is 24.3 Å². The van der Waals surface area contributed by atoms with E-state index < -0.39 is 10.0 Å². The van der Waals surface area contributed by atoms with Crippen LogP contribution in [0.25, 0.3) is 0 Å². The van der Waals surface area contributed by atoms with Gasteiger partial charge in [0.05, 0.1) is 11.5 Å². The van der Waals surface area contributed by atoms with Gasteiger partial charge in [-0.1, -0.05) is 0 Å². The first-order chi connectivity index (χ1) is 9.03. The molecule has 1 saturated heterocycles. The fourth-order valence-electron chi connectivity index (χ4n) is 2.31. The molecule has 0 aromatic carbocycles. The number of hydrogen-bond donors (Lipinski definition) is 2. The number of aromatic nitrogens is 1. The van der Waals surface area contributed by atoms with Crippen LogP contribution in [0.15, 0.2) is 17.2 Å². The van der Waals surface area contributed by atoms with Crippen LogP contribution in [0, 0.1) is 0 Å². The highest BCUT2D eigenvalue weighted by atomic mass is 32.2. The minimum atomic E-state index is -3.47. The highest BCUT2D eigenvalue weighted by Crippen LogP contribution is 2.13. The lowest BCUT2D eigenvalue weighted by atomic mass is 10.4. The summed E-state index contributed by atoms with van der Waals surface area (Å²) in [6, 6.07) is 1.50. The van der Waals surface area contributed by atoms with Gasteiger partial charge < -0.3 is 14.6 Å². The topological polar surface area (TPSA) is 74.6 Å². The van der Waals surface area contributed by atoms with Crippen molar-refractivity contribution in [2.75, 3.05) is 26.2 Å². The summed E-state index contributed by atoms with van der Waals surface area (Å²) in [6.45, 7) is 3.12. The lowest BCUT2D eigenvalue weighted by Crippen LogP contribution is -2.33. The molecule has 1 aromatic rings. The lowest BCUT2D eigenvalue weighted by molar-refractivity contribution is 0.272. The van der Waals surface area contributed by atoms with Gasteiger partial charge in [-0.25, -0.2) is 13.1 Å². The Labute approximate surface area is 114 Å². The fourth-order valence-corrected chi connectivity index (χ4v) is 3.42. The van der Waals surface area contributed by atoms with Crippen molar-refractivity contribution in [2.24, 2.45) is 7.05 Å². The van der Waals surface area contributed by atoms with Crippen molar-refractivity contribution < 1.29 is 13.5 Å². The third kappa shape index (κ3) is 3.56. The molecular weight excluding hydrogens is 266 g/mol. The van der Waals surface area contributed by atoms with E-state index in [9.17, 15) is 8.42 Å². The molecule has 0 radical (unpaired) electrons. The van der Waals surface area contributed by atoms with Crippen LogP contribution in [0.4, 0.5) is 0 Å². The smallest absolute Gasteiger partial charge is 0.242 e. The molecule has 0 saturated carbocycles. The zero-order valence-corrected chi connectivity index (χ0v) is 12.0. The van der Waals surface area contributed by atoms with Crippen LogP contribution in [0.2, 0.25) is 0 Å². The summed E-state index contributed by atoms with van der Waals surface area (Å²) in [5.74, 6) is 0. The van der Waals surface area contributed by atoms with E-state index in [0.29, 0.717) is 12.2 Å². The number of nitrogens with zero attached hydrogens (tertiary/aromatic N) is 2. The monoisotopic (exact) mass is 287 g/mol. The standard InChI is InChI=1S/C12H21N3O3S/c1-14-9-12(8-11(14)10-16)19(17,18)13-4-7-15-5-2-3-6-15/h8-9,13,16H,2-7,10H2,1H3. The Hall–Kier alpha value is -0.890. The Morgan fingerprint density at radius 3 is 2.63 bits per heavy atom. The molecule has 0 amide bonds. The first-order valence-corrected chi connectivity index (χ1v) is 7.99. The molecule has 0 atom stereocenters. The van der Waals surface area contributed by atoms with Gasteiger partial charge in [-0.2, -0.15) is 0 Å². The van der Waals surface area contributed by atoms with Crippen molar-refractivity contribution in [1.82, 2.24) is 14.2 Å². The van der Waals surface area contributed by atoms with E-state index in [1.54, 1.807) is 11.6 Å². The molecule has 1 fully saturated rings. The van der Waals surface area contributed by atoms with Gasteiger partial charge in [-0.3, -0.25) is 0 Å². The first kappa shape index (κ1) is 14.5. The lowest BCUT2D eigenvalue weighted by Gasteiger charge is -2.14. The first-order valence-electron chi connectivity index (χ1n) is 6.51. The van der Waals surface area contributed by atoms with Gasteiger partial charge in [0, 0.05) is 32.0 Å². The third-order valence-electron chi connectivity index (χ3n) is 3.47. The average Bonchev–Trinajstić information content (AvgIpc) is 2.98. The maximum absolute atomic E-state index is 12.1. The molecule has 1 aliphatic rings. The number of aliphatic hydroxyl groups is 1. The molecule has 0 aliphatic carbocycles. The van der Waals surface area contributed by atoms with Gasteiger partial charge in [0.15, 0.2) is 0 Å². The second-order valence-corrected chi connectivity index (χ2v) is 6.65. The Kier molecular flexibility index (Phi) is 4.62. The van der Waals surface area contributed by atoms with Crippen LogP contribution in [-0.4, -0.2) is 49.2 Å². The maximum atomic E-state index is 12.1. The van der Waals surface area contributed by atoms with Crippen LogP contribution >= 0.6 is 0 Å². The number of aryl methyl sites for hydroxylation is 1. The summed E-state index contributed by atoms with van der Waals surface area (Å²) in [5, 5.41) is 9.07. The summed E-state index contributed by atoms with van der Waals surface area (Å²) >= 11 is 0. The minimum Gasteiger partial charge on any atom is -0.390 e. The van der Waals surface area contributed by atoms with Gasteiger partial charge in [-0.15, -0.1) is 0 Å². The quantitative estimate of drug-likeness (QED) is 0.766. The molecule has 0 spiro atoms. The predicted molar refractivity (Wildman–Crippen MR) is 72.2 cm³/mol. The zero-order chi connectivity index (χ0) is 13.9. The van der Waals surface area contributed by atoms with Gasteiger partial charge in [-0.05, 0) is 32.0 Å². The van der Waals surface area contributed by atoms with Crippen molar-refractivity contribution in [1.29, 1.82) is 0 Å². The van der Waals surface area contributed by atoms with E-state index in [2.05, 4.69) is 9.62 Å². The molecule has 19 heavy (non-hydrogen) atoms. The second-order valence-electron chi connectivity index (χ2n) is 4.88. The molecule has 0 unspecified atom stereocenters. The molecular formula is C12H21N3O3S. The van der Waals surface area contributed by atoms with E-state index in [0.717, 1.165) is 19.6 Å². The van der Waals surface area contributed by atoms with E-state index in [1.807, 2.05) is 0 Å². The number of sulfonamides is 1. The van der Waals surface area contributed by atoms with Gasteiger partial charge in [0.2, 0.25) is 10.0 Å². The number of aliphatic hydroxyl groups excluding tert-OH is 1. The Balaban J connectivity index is 1.93. The van der Waals surface area contributed by atoms with E-state index in [-0.39, 0.29) is 11.5 Å².